The molecular weight excluding hydrogens is 371 g/mol. The molecule has 2 aromatic rings. The summed E-state index contributed by atoms with van der Waals surface area (Å²) in [5.74, 6) is -0.884. The summed E-state index contributed by atoms with van der Waals surface area (Å²) < 4.78 is 15.3. The number of aromatic nitrogens is 2. The number of carbonyl (C=O) groups excluding carboxylic acids is 1. The smallest absolute Gasteiger partial charge is 0.277 e. The number of benzene rings is 1. The third-order valence-corrected chi connectivity index (χ3v) is 3.26. The van der Waals surface area contributed by atoms with Crippen molar-refractivity contribution in [2.24, 2.45) is 7.05 Å². The van der Waals surface area contributed by atoms with Crippen LogP contribution in [0.5, 0.6) is 0 Å². The second-order valence-corrected chi connectivity index (χ2v) is 5.15. The van der Waals surface area contributed by atoms with E-state index in [1.54, 1.807) is 17.9 Å². The number of anilines is 1. The molecule has 94 valence electrons. The first-order valence-corrected chi connectivity index (χ1v) is 6.38. The van der Waals surface area contributed by atoms with E-state index in [0.717, 1.165) is 3.57 Å². The van der Waals surface area contributed by atoms with E-state index in [-0.39, 0.29) is 10.9 Å². The van der Waals surface area contributed by atoms with Crippen LogP contribution in [0.1, 0.15) is 10.5 Å². The minimum atomic E-state index is -0.526. The molecule has 4 nitrogen and oxygen atoms in total. The molecule has 0 aliphatic heterocycles. The van der Waals surface area contributed by atoms with E-state index in [2.05, 4.69) is 10.4 Å². The van der Waals surface area contributed by atoms with Crippen LogP contribution in [-0.2, 0) is 7.05 Å². The van der Waals surface area contributed by atoms with Gasteiger partial charge in [-0.25, -0.2) is 4.39 Å². The standard InChI is InChI=1S/C11H8ClFIN3O/c1-17-5-9(14)10(16-17)11(18)15-6-2-3-8(13)7(12)4-6/h2-5H,1H3,(H,15,18). The van der Waals surface area contributed by atoms with E-state index >= 15 is 0 Å². The maximum atomic E-state index is 13.0. The van der Waals surface area contributed by atoms with Crippen LogP contribution < -0.4 is 5.32 Å². The van der Waals surface area contributed by atoms with Crippen LogP contribution in [0.2, 0.25) is 5.02 Å². The molecule has 18 heavy (non-hydrogen) atoms. The Hall–Kier alpha value is -1.15. The zero-order valence-electron chi connectivity index (χ0n) is 9.25. The average molecular weight is 380 g/mol. The highest BCUT2D eigenvalue weighted by molar-refractivity contribution is 14.1. The number of nitrogens with one attached hydrogen (secondary N) is 1. The molecule has 0 aliphatic carbocycles. The summed E-state index contributed by atoms with van der Waals surface area (Å²) in [6, 6.07) is 3.99. The lowest BCUT2D eigenvalue weighted by molar-refractivity contribution is 0.102. The maximum Gasteiger partial charge on any atom is 0.277 e. The molecule has 0 radical (unpaired) electrons. The fraction of sp³-hybridized carbons (Fsp3) is 0.0909. The predicted molar refractivity (Wildman–Crippen MR) is 75.3 cm³/mol. The lowest BCUT2D eigenvalue weighted by Gasteiger charge is -2.04. The molecule has 7 heteroatoms. The van der Waals surface area contributed by atoms with Gasteiger partial charge in [-0.2, -0.15) is 5.10 Å². The number of nitrogens with zero attached hydrogens (tertiary/aromatic N) is 2. The van der Waals surface area contributed by atoms with Crippen LogP contribution in [-0.4, -0.2) is 15.7 Å². The number of amides is 1. The van der Waals surface area contributed by atoms with Crippen molar-refractivity contribution < 1.29 is 9.18 Å². The Balaban J connectivity index is 2.21. The van der Waals surface area contributed by atoms with Gasteiger partial charge in [0.2, 0.25) is 0 Å². The molecule has 0 atom stereocenters. The van der Waals surface area contributed by atoms with Crippen LogP contribution in [0.25, 0.3) is 0 Å². The molecule has 1 aromatic heterocycles. The highest BCUT2D eigenvalue weighted by Gasteiger charge is 2.14. The van der Waals surface area contributed by atoms with Crippen molar-refractivity contribution in [1.29, 1.82) is 0 Å². The Bertz CT molecular complexity index is 614. The lowest BCUT2D eigenvalue weighted by Crippen LogP contribution is -2.14. The molecular formula is C11H8ClFIN3O. The van der Waals surface area contributed by atoms with Crippen molar-refractivity contribution in [2.75, 3.05) is 5.32 Å². The van der Waals surface area contributed by atoms with Crippen molar-refractivity contribution in [3.63, 3.8) is 0 Å². The summed E-state index contributed by atoms with van der Waals surface area (Å²) in [5, 5.41) is 6.61. The van der Waals surface area contributed by atoms with Gasteiger partial charge in [-0.1, -0.05) is 11.6 Å². The van der Waals surface area contributed by atoms with E-state index in [1.807, 2.05) is 22.6 Å². The first kappa shape index (κ1) is 13.3. The number of hydrogen-bond acceptors (Lipinski definition) is 2. The molecule has 1 aromatic carbocycles. The Morgan fingerprint density at radius 3 is 2.83 bits per heavy atom. The average Bonchev–Trinajstić information content (AvgIpc) is 2.63. The van der Waals surface area contributed by atoms with Gasteiger partial charge in [0.05, 0.1) is 8.59 Å². The largest absolute Gasteiger partial charge is 0.321 e. The van der Waals surface area contributed by atoms with Crippen molar-refractivity contribution in [3.8, 4) is 0 Å². The highest BCUT2D eigenvalue weighted by Crippen LogP contribution is 2.20. The second-order valence-electron chi connectivity index (χ2n) is 3.58. The number of hydrogen-bond donors (Lipinski definition) is 1. The molecule has 1 N–H and O–H groups in total. The van der Waals surface area contributed by atoms with E-state index < -0.39 is 5.82 Å². The van der Waals surface area contributed by atoms with Gasteiger partial charge in [-0.3, -0.25) is 9.48 Å². The Morgan fingerprint density at radius 1 is 1.56 bits per heavy atom. The fourth-order valence-corrected chi connectivity index (χ4v) is 2.31. The number of halogens is 3. The molecule has 1 amide bonds. The molecule has 0 saturated heterocycles. The summed E-state index contributed by atoms with van der Waals surface area (Å²) in [4.78, 5) is 11.9. The van der Waals surface area contributed by atoms with Gasteiger partial charge >= 0.3 is 0 Å². The molecule has 0 unspecified atom stereocenters. The lowest BCUT2D eigenvalue weighted by atomic mass is 10.3. The zero-order valence-corrected chi connectivity index (χ0v) is 12.2. The first-order valence-electron chi connectivity index (χ1n) is 4.93. The number of aryl methyl sites for hydroxylation is 1. The van der Waals surface area contributed by atoms with Crippen molar-refractivity contribution in [2.45, 2.75) is 0 Å². The van der Waals surface area contributed by atoms with E-state index in [1.165, 1.54) is 18.2 Å². The summed E-state index contributed by atoms with van der Waals surface area (Å²) in [6.07, 6.45) is 1.73. The molecule has 1 heterocycles. The first-order chi connectivity index (χ1) is 8.47. The Labute approximate surface area is 121 Å². The Kier molecular flexibility index (Phi) is 3.86. The van der Waals surface area contributed by atoms with Gasteiger partial charge in [-0.15, -0.1) is 0 Å². The predicted octanol–water partition coefficient (Wildman–Crippen LogP) is 3.07. The minimum Gasteiger partial charge on any atom is -0.321 e. The topological polar surface area (TPSA) is 46.9 Å². The minimum absolute atomic E-state index is 0.0384. The quantitative estimate of drug-likeness (QED) is 0.815. The Morgan fingerprint density at radius 2 is 2.28 bits per heavy atom. The van der Waals surface area contributed by atoms with Gasteiger partial charge in [0.25, 0.3) is 5.91 Å². The number of rotatable bonds is 2. The van der Waals surface area contributed by atoms with Crippen molar-refractivity contribution in [3.05, 3.63) is 44.5 Å². The summed E-state index contributed by atoms with van der Waals surface area (Å²) in [6.45, 7) is 0. The monoisotopic (exact) mass is 379 g/mol. The van der Waals surface area contributed by atoms with E-state index in [0.29, 0.717) is 11.4 Å². The van der Waals surface area contributed by atoms with Crippen molar-refractivity contribution >= 4 is 45.8 Å². The van der Waals surface area contributed by atoms with Crippen LogP contribution in [0, 0.1) is 9.39 Å². The third-order valence-electron chi connectivity index (χ3n) is 2.18. The van der Waals surface area contributed by atoms with Crippen molar-refractivity contribution in [1.82, 2.24) is 9.78 Å². The van der Waals surface area contributed by atoms with Crippen LogP contribution in [0.4, 0.5) is 10.1 Å². The summed E-state index contributed by atoms with van der Waals surface area (Å²) in [7, 11) is 1.73. The van der Waals surface area contributed by atoms with E-state index in [9.17, 15) is 9.18 Å². The zero-order chi connectivity index (χ0) is 13.3. The van der Waals surface area contributed by atoms with E-state index in [4.69, 9.17) is 11.6 Å². The second kappa shape index (κ2) is 5.23. The van der Waals surface area contributed by atoms with Gasteiger partial charge in [0.1, 0.15) is 5.82 Å². The molecule has 2 rings (SSSR count). The SMILES string of the molecule is Cn1cc(I)c(C(=O)Nc2ccc(F)c(Cl)c2)n1. The molecule has 0 bridgehead atoms. The van der Waals surface area contributed by atoms with Gasteiger partial charge in [0.15, 0.2) is 5.69 Å². The van der Waals surface area contributed by atoms with Gasteiger partial charge < -0.3 is 5.32 Å². The van der Waals surface area contributed by atoms with Crippen LogP contribution >= 0.6 is 34.2 Å². The normalized spacial score (nSPS) is 10.4. The fourth-order valence-electron chi connectivity index (χ4n) is 1.38. The number of carbonyl (C=O) groups is 1. The third kappa shape index (κ3) is 2.81. The van der Waals surface area contributed by atoms with Crippen LogP contribution in [0.15, 0.2) is 24.4 Å². The van der Waals surface area contributed by atoms with Gasteiger partial charge in [0, 0.05) is 18.9 Å². The molecule has 0 saturated carbocycles. The highest BCUT2D eigenvalue weighted by atomic mass is 127. The van der Waals surface area contributed by atoms with Gasteiger partial charge in [-0.05, 0) is 40.8 Å². The molecule has 0 spiro atoms. The van der Waals surface area contributed by atoms with Crippen LogP contribution in [0.3, 0.4) is 0 Å². The molecule has 0 fully saturated rings. The maximum absolute atomic E-state index is 13.0. The summed E-state index contributed by atoms with van der Waals surface area (Å²) >= 11 is 7.65. The molecule has 0 aliphatic rings. The summed E-state index contributed by atoms with van der Waals surface area (Å²) in [5.41, 5.74) is 0.742.